The van der Waals surface area contributed by atoms with Gasteiger partial charge >= 0.3 is 5.97 Å². The van der Waals surface area contributed by atoms with E-state index in [1.165, 1.54) is 18.9 Å². The Kier molecular flexibility index (Phi) is 4.49. The molecule has 1 aromatic rings. The number of rotatable bonds is 4. The molecule has 0 heterocycles. The Hall–Kier alpha value is -1.16. The summed E-state index contributed by atoms with van der Waals surface area (Å²) in [5.74, 6) is 0.548. The topological polar surface area (TPSA) is 46.5 Å². The summed E-state index contributed by atoms with van der Waals surface area (Å²) < 4.78 is 4.62. The number of phenols is 1. The van der Waals surface area contributed by atoms with E-state index in [0.717, 1.165) is 4.90 Å². The maximum Gasteiger partial charge on any atom is 0.309 e. The Bertz CT molecular complexity index is 338. The minimum atomic E-state index is -0.206. The number of ether oxygens (including phenoxy) is 1. The Morgan fingerprint density at radius 1 is 1.60 bits per heavy atom. The van der Waals surface area contributed by atoms with Crippen LogP contribution in [0.3, 0.4) is 0 Å². The van der Waals surface area contributed by atoms with Crippen molar-refractivity contribution in [1.82, 2.24) is 0 Å². The molecule has 1 rings (SSSR count). The lowest BCUT2D eigenvalue weighted by Gasteiger charge is -2.08. The summed E-state index contributed by atoms with van der Waals surface area (Å²) in [7, 11) is 1.39. The van der Waals surface area contributed by atoms with Crippen LogP contribution in [0.15, 0.2) is 29.2 Å². The molecule has 0 saturated heterocycles. The third-order valence-corrected chi connectivity index (χ3v) is 3.18. The predicted molar refractivity (Wildman–Crippen MR) is 60.0 cm³/mol. The van der Waals surface area contributed by atoms with Crippen LogP contribution in [-0.2, 0) is 9.53 Å². The van der Waals surface area contributed by atoms with Crippen molar-refractivity contribution < 1.29 is 14.6 Å². The van der Waals surface area contributed by atoms with Crippen molar-refractivity contribution in [3.8, 4) is 5.75 Å². The number of aromatic hydroxyl groups is 1. The van der Waals surface area contributed by atoms with Crippen molar-refractivity contribution in [3.63, 3.8) is 0 Å². The van der Waals surface area contributed by atoms with Gasteiger partial charge in [0.2, 0.25) is 0 Å². The van der Waals surface area contributed by atoms with Crippen LogP contribution in [0.1, 0.15) is 6.92 Å². The first kappa shape index (κ1) is 11.9. The second kappa shape index (κ2) is 5.66. The second-order valence-corrected chi connectivity index (χ2v) is 4.33. The highest BCUT2D eigenvalue weighted by Gasteiger charge is 2.13. The van der Waals surface area contributed by atoms with Crippen molar-refractivity contribution in [3.05, 3.63) is 24.3 Å². The van der Waals surface area contributed by atoms with Crippen LogP contribution in [0.4, 0.5) is 0 Å². The molecule has 0 aliphatic heterocycles. The minimum Gasteiger partial charge on any atom is -0.508 e. The molecule has 0 fully saturated rings. The maximum atomic E-state index is 11.1. The summed E-state index contributed by atoms with van der Waals surface area (Å²) in [6, 6.07) is 6.97. The molecule has 1 unspecified atom stereocenters. The number of methoxy groups -OCH3 is 1. The molecule has 15 heavy (non-hydrogen) atoms. The van der Waals surface area contributed by atoms with E-state index in [4.69, 9.17) is 0 Å². The maximum absolute atomic E-state index is 11.1. The van der Waals surface area contributed by atoms with Gasteiger partial charge in [0, 0.05) is 10.6 Å². The van der Waals surface area contributed by atoms with Gasteiger partial charge in [0.15, 0.2) is 0 Å². The summed E-state index contributed by atoms with van der Waals surface area (Å²) in [5, 5.41) is 9.23. The minimum absolute atomic E-state index is 0.137. The number of thioether (sulfide) groups is 1. The fraction of sp³-hybridized carbons (Fsp3) is 0.364. The standard InChI is InChI=1S/C11H14O3S/c1-8(11(13)14-2)7-15-10-5-3-4-9(12)6-10/h3-6,8,12H,7H2,1-2H3. The van der Waals surface area contributed by atoms with Gasteiger partial charge in [-0.1, -0.05) is 13.0 Å². The molecule has 0 aliphatic rings. The number of carbonyl (C=O) groups excluding carboxylic acids is 1. The van der Waals surface area contributed by atoms with Gasteiger partial charge < -0.3 is 9.84 Å². The highest BCUT2D eigenvalue weighted by molar-refractivity contribution is 7.99. The van der Waals surface area contributed by atoms with Gasteiger partial charge in [-0.2, -0.15) is 0 Å². The SMILES string of the molecule is COC(=O)C(C)CSc1cccc(O)c1. The van der Waals surface area contributed by atoms with Crippen LogP contribution in [0.5, 0.6) is 5.75 Å². The predicted octanol–water partition coefficient (Wildman–Crippen LogP) is 2.29. The van der Waals surface area contributed by atoms with E-state index in [2.05, 4.69) is 4.74 Å². The lowest BCUT2D eigenvalue weighted by atomic mass is 10.2. The molecule has 0 amide bonds. The van der Waals surface area contributed by atoms with Gasteiger partial charge in [-0.25, -0.2) is 0 Å². The molecule has 1 atom stereocenters. The van der Waals surface area contributed by atoms with Gasteiger partial charge in [0.25, 0.3) is 0 Å². The first-order valence-corrected chi connectivity index (χ1v) is 5.61. The Morgan fingerprint density at radius 2 is 2.33 bits per heavy atom. The van der Waals surface area contributed by atoms with E-state index in [9.17, 15) is 9.90 Å². The number of phenolic OH excluding ortho intramolecular Hbond substituents is 1. The molecule has 0 bridgehead atoms. The van der Waals surface area contributed by atoms with Gasteiger partial charge in [-0.15, -0.1) is 11.8 Å². The zero-order chi connectivity index (χ0) is 11.3. The highest BCUT2D eigenvalue weighted by Crippen LogP contribution is 2.24. The number of hydrogen-bond acceptors (Lipinski definition) is 4. The molecule has 0 saturated carbocycles. The zero-order valence-corrected chi connectivity index (χ0v) is 9.58. The lowest BCUT2D eigenvalue weighted by Crippen LogP contribution is -2.14. The zero-order valence-electron chi connectivity index (χ0n) is 8.77. The van der Waals surface area contributed by atoms with Gasteiger partial charge in [-0.3, -0.25) is 4.79 Å². The van der Waals surface area contributed by atoms with Gasteiger partial charge in [0.05, 0.1) is 13.0 Å². The average Bonchev–Trinajstić information content (AvgIpc) is 2.25. The van der Waals surface area contributed by atoms with Crippen molar-refractivity contribution in [2.45, 2.75) is 11.8 Å². The van der Waals surface area contributed by atoms with Gasteiger partial charge in [-0.05, 0) is 18.2 Å². The largest absolute Gasteiger partial charge is 0.508 e. The molecule has 1 aromatic carbocycles. The summed E-state index contributed by atoms with van der Waals surface area (Å²) in [6.45, 7) is 1.82. The van der Waals surface area contributed by atoms with E-state index in [1.807, 2.05) is 13.0 Å². The first-order valence-electron chi connectivity index (χ1n) is 4.63. The van der Waals surface area contributed by atoms with Crippen molar-refractivity contribution in [2.24, 2.45) is 5.92 Å². The molecule has 0 radical (unpaired) electrons. The van der Waals surface area contributed by atoms with Crippen molar-refractivity contribution in [2.75, 3.05) is 12.9 Å². The molecule has 82 valence electrons. The van der Waals surface area contributed by atoms with E-state index >= 15 is 0 Å². The third kappa shape index (κ3) is 3.83. The Morgan fingerprint density at radius 3 is 2.93 bits per heavy atom. The average molecular weight is 226 g/mol. The monoisotopic (exact) mass is 226 g/mol. The van der Waals surface area contributed by atoms with Crippen molar-refractivity contribution >= 4 is 17.7 Å². The third-order valence-electron chi connectivity index (χ3n) is 1.92. The Balaban J connectivity index is 2.47. The van der Waals surface area contributed by atoms with Crippen LogP contribution < -0.4 is 0 Å². The van der Waals surface area contributed by atoms with Crippen LogP contribution in [0.25, 0.3) is 0 Å². The summed E-state index contributed by atoms with van der Waals surface area (Å²) in [5.41, 5.74) is 0. The second-order valence-electron chi connectivity index (χ2n) is 3.23. The lowest BCUT2D eigenvalue weighted by molar-refractivity contribution is -0.143. The van der Waals surface area contributed by atoms with Crippen LogP contribution in [0.2, 0.25) is 0 Å². The van der Waals surface area contributed by atoms with E-state index in [0.29, 0.717) is 5.75 Å². The Labute approximate surface area is 93.4 Å². The molecule has 1 N–H and O–H groups in total. The molecule has 0 aromatic heterocycles. The number of benzene rings is 1. The summed E-state index contributed by atoms with van der Waals surface area (Å²) in [6.07, 6.45) is 0. The molecule has 4 heteroatoms. The number of hydrogen-bond donors (Lipinski definition) is 1. The molecule has 0 spiro atoms. The summed E-state index contributed by atoms with van der Waals surface area (Å²) >= 11 is 1.53. The fourth-order valence-corrected chi connectivity index (χ4v) is 2.02. The van der Waals surface area contributed by atoms with Crippen LogP contribution >= 0.6 is 11.8 Å². The highest BCUT2D eigenvalue weighted by atomic mass is 32.2. The van der Waals surface area contributed by atoms with Crippen molar-refractivity contribution in [1.29, 1.82) is 0 Å². The number of carbonyl (C=O) groups is 1. The fourth-order valence-electron chi connectivity index (χ4n) is 1.06. The smallest absolute Gasteiger partial charge is 0.309 e. The molecule has 3 nitrogen and oxygen atoms in total. The van der Waals surface area contributed by atoms with Gasteiger partial charge in [0.1, 0.15) is 5.75 Å². The quantitative estimate of drug-likeness (QED) is 0.632. The molecule has 0 aliphatic carbocycles. The van der Waals surface area contributed by atoms with E-state index in [-0.39, 0.29) is 17.6 Å². The van der Waals surface area contributed by atoms with Crippen LogP contribution in [0, 0.1) is 5.92 Å². The molecular weight excluding hydrogens is 212 g/mol. The number of esters is 1. The normalized spacial score (nSPS) is 12.1. The molecular formula is C11H14O3S. The summed E-state index contributed by atoms with van der Waals surface area (Å²) in [4.78, 5) is 12.1. The first-order chi connectivity index (χ1) is 7.13. The van der Waals surface area contributed by atoms with E-state index < -0.39 is 0 Å². The van der Waals surface area contributed by atoms with Crippen LogP contribution in [-0.4, -0.2) is 23.9 Å². The van der Waals surface area contributed by atoms with E-state index in [1.54, 1.807) is 18.2 Å².